The van der Waals surface area contributed by atoms with Gasteiger partial charge in [0.1, 0.15) is 0 Å². The molecule has 0 saturated heterocycles. The van der Waals surface area contributed by atoms with Crippen LogP contribution in [-0.2, 0) is 0 Å². The summed E-state index contributed by atoms with van der Waals surface area (Å²) in [6, 6.07) is 13.4. The van der Waals surface area contributed by atoms with E-state index in [4.69, 9.17) is 0 Å². The third-order valence-electron chi connectivity index (χ3n) is 2.70. The molecular formula is C13H8BrNO. The summed E-state index contributed by atoms with van der Waals surface area (Å²) in [6.07, 6.45) is 0. The van der Waals surface area contributed by atoms with Crippen molar-refractivity contribution in [2.75, 3.05) is 0 Å². The van der Waals surface area contributed by atoms with Gasteiger partial charge in [-0.3, -0.25) is 4.79 Å². The number of rotatable bonds is 0. The zero-order valence-corrected chi connectivity index (χ0v) is 9.91. The maximum absolute atomic E-state index is 11.8. The smallest absolute Gasteiger partial charge is 0.256 e. The van der Waals surface area contributed by atoms with Gasteiger partial charge in [-0.1, -0.05) is 40.2 Å². The molecule has 0 radical (unpaired) electrons. The normalized spacial score (nSPS) is 11.1. The van der Waals surface area contributed by atoms with Gasteiger partial charge in [-0.25, -0.2) is 0 Å². The Bertz CT molecular complexity index is 746. The summed E-state index contributed by atoms with van der Waals surface area (Å²) in [6.45, 7) is 0. The average molecular weight is 274 g/mol. The molecule has 0 amide bonds. The van der Waals surface area contributed by atoms with Crippen molar-refractivity contribution in [1.29, 1.82) is 0 Å². The predicted octanol–water partition coefficient (Wildman–Crippen LogP) is 3.44. The molecule has 0 aliphatic heterocycles. The monoisotopic (exact) mass is 273 g/mol. The molecule has 0 bridgehead atoms. The summed E-state index contributed by atoms with van der Waals surface area (Å²) < 4.78 is 0.998. The van der Waals surface area contributed by atoms with Crippen molar-refractivity contribution in [3.63, 3.8) is 0 Å². The minimum atomic E-state index is -0.0406. The summed E-state index contributed by atoms with van der Waals surface area (Å²) >= 11 is 3.52. The van der Waals surface area contributed by atoms with E-state index in [1.807, 2.05) is 42.5 Å². The van der Waals surface area contributed by atoms with E-state index in [0.29, 0.717) is 0 Å². The van der Waals surface area contributed by atoms with Crippen LogP contribution in [0.3, 0.4) is 0 Å². The van der Waals surface area contributed by atoms with Crippen molar-refractivity contribution in [2.24, 2.45) is 0 Å². The number of fused-ring (bicyclic) bond motifs is 3. The van der Waals surface area contributed by atoms with Crippen LogP contribution in [0, 0.1) is 0 Å². The molecule has 1 N–H and O–H groups in total. The molecule has 2 nitrogen and oxygen atoms in total. The summed E-state index contributed by atoms with van der Waals surface area (Å²) in [5, 5.41) is 2.76. The van der Waals surface area contributed by atoms with E-state index in [1.54, 1.807) is 0 Å². The highest BCUT2D eigenvalue weighted by Gasteiger charge is 2.06. The van der Waals surface area contributed by atoms with Crippen LogP contribution in [0.15, 0.2) is 51.7 Å². The fraction of sp³-hybridized carbons (Fsp3) is 0. The molecule has 0 aliphatic rings. The van der Waals surface area contributed by atoms with E-state index in [1.165, 1.54) is 0 Å². The standard InChI is InChI=1S/C13H8BrNO/c14-10-6-3-7-11-12(10)8-4-1-2-5-9(8)13(16)15-11/h1-7H,(H,15,16). The SMILES string of the molecule is O=c1[nH]c2cccc(Br)c2c2ccccc12. The second-order valence-corrected chi connectivity index (χ2v) is 4.52. The first-order valence-corrected chi connectivity index (χ1v) is 5.76. The highest BCUT2D eigenvalue weighted by Crippen LogP contribution is 2.27. The fourth-order valence-electron chi connectivity index (χ4n) is 1.99. The van der Waals surface area contributed by atoms with E-state index < -0.39 is 0 Å². The number of aromatic amines is 1. The molecule has 2 aromatic carbocycles. The summed E-state index contributed by atoms with van der Waals surface area (Å²) in [4.78, 5) is 14.7. The van der Waals surface area contributed by atoms with Crippen LogP contribution in [0.4, 0.5) is 0 Å². The molecule has 3 rings (SSSR count). The molecule has 78 valence electrons. The van der Waals surface area contributed by atoms with Crippen LogP contribution in [0.25, 0.3) is 21.7 Å². The van der Waals surface area contributed by atoms with Gasteiger partial charge in [0.15, 0.2) is 0 Å². The molecule has 1 aromatic heterocycles. The van der Waals surface area contributed by atoms with Crippen molar-refractivity contribution in [1.82, 2.24) is 4.98 Å². The first kappa shape index (κ1) is 9.60. The molecule has 0 spiro atoms. The quantitative estimate of drug-likeness (QED) is 0.626. The number of aromatic nitrogens is 1. The maximum Gasteiger partial charge on any atom is 0.256 e. The van der Waals surface area contributed by atoms with Crippen LogP contribution in [-0.4, -0.2) is 4.98 Å². The lowest BCUT2D eigenvalue weighted by atomic mass is 10.1. The zero-order valence-electron chi connectivity index (χ0n) is 8.33. The zero-order chi connectivity index (χ0) is 11.1. The number of benzene rings is 2. The lowest BCUT2D eigenvalue weighted by Gasteiger charge is -2.04. The molecule has 0 saturated carbocycles. The number of pyridine rings is 1. The van der Waals surface area contributed by atoms with E-state index in [2.05, 4.69) is 20.9 Å². The second-order valence-electron chi connectivity index (χ2n) is 3.66. The molecule has 0 unspecified atom stereocenters. The van der Waals surface area contributed by atoms with Crippen LogP contribution in [0.1, 0.15) is 0 Å². The average Bonchev–Trinajstić information content (AvgIpc) is 2.29. The first-order valence-electron chi connectivity index (χ1n) is 4.96. The Balaban J connectivity index is 2.72. The summed E-state index contributed by atoms with van der Waals surface area (Å²) in [7, 11) is 0. The minimum Gasteiger partial charge on any atom is -0.321 e. The predicted molar refractivity (Wildman–Crippen MR) is 69.8 cm³/mol. The van der Waals surface area contributed by atoms with Crippen LogP contribution in [0.2, 0.25) is 0 Å². The second kappa shape index (κ2) is 3.46. The van der Waals surface area contributed by atoms with Gasteiger partial charge in [0.05, 0.1) is 5.52 Å². The van der Waals surface area contributed by atoms with Gasteiger partial charge in [-0.15, -0.1) is 0 Å². The van der Waals surface area contributed by atoms with Crippen molar-refractivity contribution >= 4 is 37.6 Å². The Labute approximate surface area is 100 Å². The topological polar surface area (TPSA) is 32.9 Å². The minimum absolute atomic E-state index is 0.0406. The van der Waals surface area contributed by atoms with Crippen molar-refractivity contribution < 1.29 is 0 Å². The Kier molecular flexibility index (Phi) is 2.07. The molecule has 3 heteroatoms. The van der Waals surface area contributed by atoms with Crippen LogP contribution >= 0.6 is 15.9 Å². The fourth-order valence-corrected chi connectivity index (χ4v) is 2.57. The van der Waals surface area contributed by atoms with E-state index >= 15 is 0 Å². The third-order valence-corrected chi connectivity index (χ3v) is 3.36. The third kappa shape index (κ3) is 1.28. The number of hydrogen-bond donors (Lipinski definition) is 1. The largest absolute Gasteiger partial charge is 0.321 e. The lowest BCUT2D eigenvalue weighted by Crippen LogP contribution is -2.06. The number of halogens is 1. The number of nitrogens with one attached hydrogen (secondary N) is 1. The van der Waals surface area contributed by atoms with Gasteiger partial charge in [0, 0.05) is 15.2 Å². The lowest BCUT2D eigenvalue weighted by molar-refractivity contribution is 1.34. The van der Waals surface area contributed by atoms with Crippen LogP contribution < -0.4 is 5.56 Å². The molecule has 0 atom stereocenters. The molecule has 0 aliphatic carbocycles. The van der Waals surface area contributed by atoms with Crippen molar-refractivity contribution in [3.05, 3.63) is 57.3 Å². The van der Waals surface area contributed by atoms with E-state index in [0.717, 1.165) is 26.1 Å². The molecule has 16 heavy (non-hydrogen) atoms. The Morgan fingerprint density at radius 3 is 2.50 bits per heavy atom. The molecule has 3 aromatic rings. The van der Waals surface area contributed by atoms with Gasteiger partial charge < -0.3 is 4.98 Å². The van der Waals surface area contributed by atoms with Gasteiger partial charge in [-0.2, -0.15) is 0 Å². The van der Waals surface area contributed by atoms with Gasteiger partial charge in [0.25, 0.3) is 5.56 Å². The van der Waals surface area contributed by atoms with Crippen LogP contribution in [0.5, 0.6) is 0 Å². The van der Waals surface area contributed by atoms with Crippen molar-refractivity contribution in [3.8, 4) is 0 Å². The number of H-pyrrole nitrogens is 1. The van der Waals surface area contributed by atoms with Gasteiger partial charge in [-0.05, 0) is 23.6 Å². The Hall–Kier alpha value is -1.61. The number of hydrogen-bond acceptors (Lipinski definition) is 1. The van der Waals surface area contributed by atoms with E-state index in [-0.39, 0.29) is 5.56 Å². The van der Waals surface area contributed by atoms with Crippen molar-refractivity contribution in [2.45, 2.75) is 0 Å². The highest BCUT2D eigenvalue weighted by molar-refractivity contribution is 9.10. The van der Waals surface area contributed by atoms with E-state index in [9.17, 15) is 4.79 Å². The Morgan fingerprint density at radius 1 is 0.938 bits per heavy atom. The summed E-state index contributed by atoms with van der Waals surface area (Å²) in [5.41, 5.74) is 0.819. The van der Waals surface area contributed by atoms with Gasteiger partial charge in [0.2, 0.25) is 0 Å². The highest BCUT2D eigenvalue weighted by atomic mass is 79.9. The molecular weight excluding hydrogens is 266 g/mol. The summed E-state index contributed by atoms with van der Waals surface area (Å²) in [5.74, 6) is 0. The Morgan fingerprint density at radius 2 is 1.69 bits per heavy atom. The molecule has 0 fully saturated rings. The van der Waals surface area contributed by atoms with Gasteiger partial charge >= 0.3 is 0 Å². The first-order chi connectivity index (χ1) is 7.77. The molecule has 1 heterocycles. The maximum atomic E-state index is 11.8.